The van der Waals surface area contributed by atoms with Gasteiger partial charge in [0.1, 0.15) is 92.2 Å². The van der Waals surface area contributed by atoms with Crippen LogP contribution in [0.2, 0.25) is 0 Å². The first-order chi connectivity index (χ1) is 60.3. The van der Waals surface area contributed by atoms with Gasteiger partial charge >= 0.3 is 23.9 Å². The van der Waals surface area contributed by atoms with Gasteiger partial charge in [-0.25, -0.2) is 19.2 Å². The fourth-order valence-electron chi connectivity index (χ4n) is 17.8. The molecule has 0 aliphatic heterocycles. The Morgan fingerprint density at radius 1 is 0.312 bits per heavy atom. The second kappa shape index (κ2) is 39.8. The van der Waals surface area contributed by atoms with Crippen LogP contribution in [0.4, 0.5) is 0 Å². The van der Waals surface area contributed by atoms with E-state index in [1.54, 1.807) is 0 Å². The molecule has 0 bridgehead atoms. The van der Waals surface area contributed by atoms with Crippen LogP contribution < -0.4 is 42.0 Å². The summed E-state index contributed by atoms with van der Waals surface area (Å²) in [5.74, 6) is -11.4. The highest BCUT2D eigenvalue weighted by Gasteiger charge is 2.68. The Bertz CT molecular complexity index is 5580. The average molecular weight is 1870 g/mol. The Kier molecular flexibility index (Phi) is 30.4. The van der Waals surface area contributed by atoms with E-state index in [2.05, 4.69) is 195 Å². The summed E-state index contributed by atoms with van der Waals surface area (Å²) in [5.41, 5.74) is -16.1. The predicted octanol–water partition coefficient (Wildman–Crippen LogP) is 9.04. The van der Waals surface area contributed by atoms with E-state index in [1.165, 1.54) is 56.1 Å². The van der Waals surface area contributed by atoms with Crippen molar-refractivity contribution in [3.63, 3.8) is 0 Å². The minimum Gasteiger partial charge on any atom is -0.547 e. The van der Waals surface area contributed by atoms with Crippen molar-refractivity contribution in [2.75, 3.05) is 13.3 Å². The second-order valence-corrected chi connectivity index (χ2v) is 45.3. The highest BCUT2D eigenvalue weighted by Crippen LogP contribution is 2.57. The van der Waals surface area contributed by atoms with E-state index in [0.717, 1.165) is 86.6 Å². The van der Waals surface area contributed by atoms with Crippen molar-refractivity contribution in [2.45, 2.75) is 169 Å². The first kappa shape index (κ1) is 98.0. The fraction of sp³-hybridized carbons (Fsp3) is 0.298. The lowest BCUT2D eigenvalue weighted by Crippen LogP contribution is -2.73. The number of ether oxygens (including phenoxy) is 4. The maximum atomic E-state index is 13.3. The maximum Gasteiger partial charge on any atom is 0.338 e. The Morgan fingerprint density at radius 2 is 0.539 bits per heavy atom. The third-order valence-electron chi connectivity index (χ3n) is 24.8. The van der Waals surface area contributed by atoms with E-state index < -0.39 is 192 Å². The van der Waals surface area contributed by atoms with E-state index in [-0.39, 0.29) is 62.5 Å². The zero-order valence-electron chi connectivity index (χ0n) is 70.0. The molecular weight excluding hydrogens is 1770 g/mol. The summed E-state index contributed by atoms with van der Waals surface area (Å²) in [5, 5.41) is 80.6. The molecule has 4 aliphatic carbocycles. The van der Waals surface area contributed by atoms with Crippen LogP contribution in [0.15, 0.2) is 299 Å². The lowest BCUT2D eigenvalue weighted by Gasteiger charge is -2.58. The number of benzene rings is 10. The van der Waals surface area contributed by atoms with Gasteiger partial charge in [0.25, 0.3) is 40.5 Å². The van der Waals surface area contributed by atoms with Gasteiger partial charge in [0.15, 0.2) is 0 Å². The summed E-state index contributed by atoms with van der Waals surface area (Å²) in [4.78, 5) is 75.2. The van der Waals surface area contributed by atoms with Crippen LogP contribution >= 0.6 is 14.5 Å². The van der Waals surface area contributed by atoms with Gasteiger partial charge in [-0.15, -0.1) is 0 Å². The molecule has 14 rings (SSSR count). The normalized spacial score (nSPS) is 23.7. The first-order valence-electron chi connectivity index (χ1n) is 40.9. The van der Waals surface area contributed by atoms with Crippen LogP contribution in [0.3, 0.4) is 0 Å². The molecule has 128 heavy (non-hydrogen) atoms. The van der Waals surface area contributed by atoms with E-state index in [0.29, 0.717) is 25.7 Å². The van der Waals surface area contributed by atoms with Gasteiger partial charge in [0, 0.05) is 11.8 Å². The number of rotatable bonds is 22. The monoisotopic (exact) mass is 1860 g/mol. The standard InChI is InChI=1S/2C28H32O14S2.2C19H18P/c2*1-26(42-24(30)18-8-5-10-20(16-18)44(38,39)40)21(11-6-14-28(26,34)25(31)32)27(33)13-3-2-12-22(27)41-23(29)17-7-4-9-19(15-17)43(35,36)37;2*1-20(17-11-5-2-6-12-17,18-13-7-3-8-14-18)19-15-9-4-10-16-19/h2*4-5,7-10,15-16,21-22,33-34H,2-3,6,11-14H2,1H3,(H,31,32)(H,35,36,37)(H,38,39,40);2*2-16H,1H3/q;;2*+1/p-2. The molecule has 4 saturated carbocycles. The molecular formula is C94H98O28P2S4. The van der Waals surface area contributed by atoms with E-state index in [9.17, 15) is 111 Å². The summed E-state index contributed by atoms with van der Waals surface area (Å²) in [6.45, 7) is 7.01. The summed E-state index contributed by atoms with van der Waals surface area (Å²) >= 11 is 0. The molecule has 0 aromatic heterocycles. The number of hydrogen-bond donors (Lipinski definition) is 8. The number of carbonyl (C=O) groups excluding carboxylic acids is 6. The molecule has 8 N–H and O–H groups in total. The second-order valence-electron chi connectivity index (χ2n) is 32.5. The average Bonchev–Trinajstić information content (AvgIpc) is 0.717. The molecule has 28 nitrogen and oxygen atoms in total. The van der Waals surface area contributed by atoms with Crippen molar-refractivity contribution in [3.8, 4) is 0 Å². The number of hydrogen-bond acceptors (Lipinski definition) is 24. The molecule has 0 heterocycles. The highest BCUT2D eigenvalue weighted by atomic mass is 32.2. The van der Waals surface area contributed by atoms with Crippen LogP contribution in [-0.2, 0) is 69.0 Å². The van der Waals surface area contributed by atoms with Gasteiger partial charge < -0.3 is 59.2 Å². The number of aliphatic carboxylic acids is 2. The predicted molar refractivity (Wildman–Crippen MR) is 475 cm³/mol. The number of carboxylic acid groups (broad SMARTS) is 2. The summed E-state index contributed by atoms with van der Waals surface area (Å²) in [6, 6.07) is 82.1. The van der Waals surface area contributed by atoms with Crippen LogP contribution in [0.1, 0.15) is 145 Å². The molecule has 0 amide bonds. The van der Waals surface area contributed by atoms with Crippen molar-refractivity contribution in [1.29, 1.82) is 0 Å². The van der Waals surface area contributed by atoms with Crippen molar-refractivity contribution in [3.05, 3.63) is 301 Å². The maximum absolute atomic E-state index is 13.3. The SMILES string of the molecule is CC1(OC(=O)c2cccc(S(=O)(=O)O)c2)C(C2(O)CCCCC2OC(=O)c2cccc(S(=O)(=O)O)c2)CCCC1(O)C(=O)[O-].CC1(OC(=O)c2cccc(S(=O)(=O)O)c2)C(C2(O)CCCCC2OC(=O)c2cccc(S(=O)(=O)O)c2)CCCC1(O)C(=O)[O-].C[P+](c1ccccc1)(c1ccccc1)c1ccccc1.C[P+](c1ccccc1)(c1ccccc1)c1ccccc1. The molecule has 676 valence electrons. The van der Waals surface area contributed by atoms with Crippen LogP contribution in [-0.4, -0.2) is 167 Å². The van der Waals surface area contributed by atoms with E-state index >= 15 is 0 Å². The Hall–Kier alpha value is -10.6. The number of carbonyl (C=O) groups is 6. The van der Waals surface area contributed by atoms with Crippen molar-refractivity contribution >= 4 is 123 Å². The minimum atomic E-state index is -4.73. The lowest BCUT2D eigenvalue weighted by atomic mass is 9.57. The zero-order chi connectivity index (χ0) is 93.1. The Labute approximate surface area is 743 Å². The lowest BCUT2D eigenvalue weighted by molar-refractivity contribution is -0.348. The number of carboxylic acids is 2. The van der Waals surface area contributed by atoms with Gasteiger partial charge in [0.2, 0.25) is 0 Å². The molecule has 0 radical (unpaired) electrons. The van der Waals surface area contributed by atoms with Gasteiger partial charge in [-0.3, -0.25) is 18.2 Å². The molecule has 10 atom stereocenters. The van der Waals surface area contributed by atoms with E-state index in [4.69, 9.17) is 18.9 Å². The van der Waals surface area contributed by atoms with Crippen molar-refractivity contribution in [2.24, 2.45) is 11.8 Å². The molecule has 10 unspecified atom stereocenters. The van der Waals surface area contributed by atoms with Crippen molar-refractivity contribution in [1.82, 2.24) is 0 Å². The van der Waals surface area contributed by atoms with Gasteiger partial charge in [-0.1, -0.05) is 146 Å². The summed E-state index contributed by atoms with van der Waals surface area (Å²) in [6.07, 6.45) is -1.85. The molecule has 34 heteroatoms. The molecule has 10 aromatic carbocycles. The topological polar surface area (TPSA) is 484 Å². The van der Waals surface area contributed by atoms with Crippen LogP contribution in [0.5, 0.6) is 0 Å². The third kappa shape index (κ3) is 21.1. The van der Waals surface area contributed by atoms with Gasteiger partial charge in [-0.2, -0.15) is 33.7 Å². The molecule has 10 aromatic rings. The summed E-state index contributed by atoms with van der Waals surface area (Å²) in [7, 11) is -21.8. The Morgan fingerprint density at radius 3 is 0.758 bits per heavy atom. The van der Waals surface area contributed by atoms with Gasteiger partial charge in [0.05, 0.1) is 67.1 Å². The first-order valence-corrected chi connectivity index (χ1v) is 51.1. The van der Waals surface area contributed by atoms with Gasteiger partial charge in [-0.05, 0) is 236 Å². The van der Waals surface area contributed by atoms with Crippen LogP contribution in [0.25, 0.3) is 0 Å². The number of aliphatic hydroxyl groups is 4. The smallest absolute Gasteiger partial charge is 0.338 e. The largest absolute Gasteiger partial charge is 0.547 e. The highest BCUT2D eigenvalue weighted by molar-refractivity contribution is 7.95. The minimum absolute atomic E-state index is 0.00673. The number of esters is 4. The van der Waals surface area contributed by atoms with Crippen LogP contribution in [0, 0.1) is 11.8 Å². The molecule has 4 aliphatic rings. The quantitative estimate of drug-likeness (QED) is 0.0136. The third-order valence-corrected chi connectivity index (χ3v) is 36.2. The zero-order valence-corrected chi connectivity index (χ0v) is 75.1. The molecule has 4 fully saturated rings. The fourth-order valence-corrected chi connectivity index (χ4v) is 26.3. The Balaban J connectivity index is 0.000000176. The van der Waals surface area contributed by atoms with Crippen molar-refractivity contribution < 1.29 is 130 Å². The summed E-state index contributed by atoms with van der Waals surface area (Å²) < 4.78 is 153. The van der Waals surface area contributed by atoms with E-state index in [1.807, 2.05) is 0 Å². The molecule has 0 spiro atoms. The molecule has 0 saturated heterocycles.